The molecule has 0 saturated carbocycles. The van der Waals surface area contributed by atoms with Gasteiger partial charge in [-0.1, -0.05) is 18.2 Å². The molecule has 1 heterocycles. The molecule has 2 rings (SSSR count). The Balaban J connectivity index is 2.18. The molecule has 1 amide bonds. The molecule has 7 nitrogen and oxygen atoms in total. The monoisotopic (exact) mass is 402 g/mol. The lowest BCUT2D eigenvalue weighted by atomic mass is 10.2. The molecule has 152 valence electrons. The third kappa shape index (κ3) is 6.30. The van der Waals surface area contributed by atoms with Gasteiger partial charge in [0.15, 0.2) is 5.96 Å². The first-order valence-electron chi connectivity index (χ1n) is 9.25. The molecule has 0 bridgehead atoms. The fraction of sp³-hybridized carbons (Fsp3) is 0.450. The zero-order valence-corrected chi connectivity index (χ0v) is 18.1. The Morgan fingerprint density at radius 2 is 2.00 bits per heavy atom. The first-order chi connectivity index (χ1) is 13.4. The Morgan fingerprint density at radius 3 is 2.64 bits per heavy atom. The number of aromatic nitrogens is 2. The van der Waals surface area contributed by atoms with Crippen molar-refractivity contribution in [2.75, 3.05) is 39.2 Å². The van der Waals surface area contributed by atoms with Crippen molar-refractivity contribution in [2.45, 2.75) is 20.4 Å². The van der Waals surface area contributed by atoms with Gasteiger partial charge in [0.05, 0.1) is 24.5 Å². The number of para-hydroxylation sites is 1. The van der Waals surface area contributed by atoms with Crippen LogP contribution in [0.25, 0.3) is 5.69 Å². The smallest absolute Gasteiger partial charge is 0.241 e. The molecule has 0 aliphatic carbocycles. The SMILES string of the molecule is CSCCNC(=NCc1ccccc1-n1nc(C)cc1C)NCC(=O)N(C)C. The molecule has 0 aliphatic heterocycles. The maximum Gasteiger partial charge on any atom is 0.241 e. The van der Waals surface area contributed by atoms with E-state index >= 15 is 0 Å². The van der Waals surface area contributed by atoms with Crippen LogP contribution in [0.15, 0.2) is 35.3 Å². The molecule has 0 saturated heterocycles. The second-order valence-corrected chi connectivity index (χ2v) is 7.68. The van der Waals surface area contributed by atoms with Gasteiger partial charge < -0.3 is 15.5 Å². The van der Waals surface area contributed by atoms with Crippen LogP contribution in [0, 0.1) is 13.8 Å². The van der Waals surface area contributed by atoms with E-state index in [1.807, 2.05) is 36.7 Å². The van der Waals surface area contributed by atoms with Crippen molar-refractivity contribution in [3.63, 3.8) is 0 Å². The molecule has 1 aromatic carbocycles. The highest BCUT2D eigenvalue weighted by molar-refractivity contribution is 7.98. The maximum absolute atomic E-state index is 11.9. The molecule has 0 spiro atoms. The van der Waals surface area contributed by atoms with Gasteiger partial charge >= 0.3 is 0 Å². The van der Waals surface area contributed by atoms with Gasteiger partial charge in [-0.2, -0.15) is 16.9 Å². The molecular formula is C20H30N6OS. The highest BCUT2D eigenvalue weighted by atomic mass is 32.2. The van der Waals surface area contributed by atoms with E-state index in [-0.39, 0.29) is 12.5 Å². The summed E-state index contributed by atoms with van der Waals surface area (Å²) in [5.74, 6) is 1.60. The number of rotatable bonds is 8. The number of likely N-dealkylation sites (N-methyl/N-ethyl adjacent to an activating group) is 1. The molecule has 0 fully saturated rings. The normalized spacial score (nSPS) is 11.4. The number of hydrogen-bond donors (Lipinski definition) is 2. The first-order valence-corrected chi connectivity index (χ1v) is 10.6. The van der Waals surface area contributed by atoms with Gasteiger partial charge in [0.25, 0.3) is 0 Å². The fourth-order valence-corrected chi connectivity index (χ4v) is 2.96. The van der Waals surface area contributed by atoms with Crippen LogP contribution >= 0.6 is 11.8 Å². The van der Waals surface area contributed by atoms with Crippen LogP contribution in [-0.4, -0.2) is 65.7 Å². The van der Waals surface area contributed by atoms with Gasteiger partial charge in [-0.05, 0) is 37.8 Å². The largest absolute Gasteiger partial charge is 0.356 e. The summed E-state index contributed by atoms with van der Waals surface area (Å²) >= 11 is 1.76. The van der Waals surface area contributed by atoms with Crippen molar-refractivity contribution in [2.24, 2.45) is 4.99 Å². The Labute approximate surface area is 171 Å². The average molecular weight is 403 g/mol. The minimum atomic E-state index is 0.00223. The number of carbonyl (C=O) groups is 1. The van der Waals surface area contributed by atoms with E-state index in [0.29, 0.717) is 12.5 Å². The van der Waals surface area contributed by atoms with Gasteiger partial charge in [-0.25, -0.2) is 9.67 Å². The number of aliphatic imine (C=N–C) groups is 1. The molecule has 2 aromatic rings. The van der Waals surface area contributed by atoms with Gasteiger partial charge in [-0.3, -0.25) is 4.79 Å². The quantitative estimate of drug-likeness (QED) is 0.401. The predicted molar refractivity (Wildman–Crippen MR) is 117 cm³/mol. The standard InChI is InChI=1S/C20H30N6OS/c1-15-12-16(2)26(24-15)18-9-7-6-8-17(18)13-22-20(21-10-11-28-5)23-14-19(27)25(3)4/h6-9,12H,10-11,13-14H2,1-5H3,(H2,21,22,23). The summed E-state index contributed by atoms with van der Waals surface area (Å²) in [6.07, 6.45) is 2.06. The summed E-state index contributed by atoms with van der Waals surface area (Å²) in [4.78, 5) is 18.1. The second-order valence-electron chi connectivity index (χ2n) is 6.69. The third-order valence-corrected chi connectivity index (χ3v) is 4.75. The van der Waals surface area contributed by atoms with E-state index in [1.165, 1.54) is 0 Å². The summed E-state index contributed by atoms with van der Waals surface area (Å²) < 4.78 is 1.95. The van der Waals surface area contributed by atoms with Crippen molar-refractivity contribution >= 4 is 23.6 Å². The van der Waals surface area contributed by atoms with E-state index in [9.17, 15) is 4.79 Å². The summed E-state index contributed by atoms with van der Waals surface area (Å²) in [5.41, 5.74) is 4.16. The lowest BCUT2D eigenvalue weighted by Crippen LogP contribution is -2.43. The van der Waals surface area contributed by atoms with E-state index in [2.05, 4.69) is 34.1 Å². The average Bonchev–Trinajstić information content (AvgIpc) is 3.01. The fourth-order valence-electron chi connectivity index (χ4n) is 2.65. The van der Waals surface area contributed by atoms with E-state index < -0.39 is 0 Å². The van der Waals surface area contributed by atoms with E-state index in [4.69, 9.17) is 4.99 Å². The summed E-state index contributed by atoms with van der Waals surface area (Å²) in [6, 6.07) is 10.2. The van der Waals surface area contributed by atoms with E-state index in [0.717, 1.165) is 34.9 Å². The second kappa shape index (κ2) is 10.8. The van der Waals surface area contributed by atoms with Crippen molar-refractivity contribution < 1.29 is 4.79 Å². The number of nitrogens with zero attached hydrogens (tertiary/aromatic N) is 4. The van der Waals surface area contributed by atoms with Gasteiger partial charge in [0, 0.05) is 32.1 Å². The van der Waals surface area contributed by atoms with Crippen LogP contribution in [-0.2, 0) is 11.3 Å². The zero-order chi connectivity index (χ0) is 20.5. The molecule has 1 aromatic heterocycles. The van der Waals surface area contributed by atoms with Crippen molar-refractivity contribution in [1.29, 1.82) is 0 Å². The molecule has 28 heavy (non-hydrogen) atoms. The third-order valence-electron chi connectivity index (χ3n) is 4.14. The van der Waals surface area contributed by atoms with E-state index in [1.54, 1.807) is 30.8 Å². The minimum Gasteiger partial charge on any atom is -0.356 e. The molecule has 2 N–H and O–H groups in total. The molecule has 8 heteroatoms. The lowest BCUT2D eigenvalue weighted by molar-refractivity contribution is -0.127. The Kier molecular flexibility index (Phi) is 8.38. The van der Waals surface area contributed by atoms with Crippen molar-refractivity contribution in [3.05, 3.63) is 47.3 Å². The predicted octanol–water partition coefficient (Wildman–Crippen LogP) is 1.98. The van der Waals surface area contributed by atoms with Gasteiger partial charge in [0.1, 0.15) is 0 Å². The summed E-state index contributed by atoms with van der Waals surface area (Å²) in [6.45, 7) is 5.51. The Morgan fingerprint density at radius 1 is 1.25 bits per heavy atom. The van der Waals surface area contributed by atoms with Crippen LogP contribution < -0.4 is 10.6 Å². The van der Waals surface area contributed by atoms with Crippen LogP contribution in [0.5, 0.6) is 0 Å². The maximum atomic E-state index is 11.9. The van der Waals surface area contributed by atoms with Crippen molar-refractivity contribution in [1.82, 2.24) is 25.3 Å². The number of benzene rings is 1. The summed E-state index contributed by atoms with van der Waals surface area (Å²) in [5, 5.41) is 11.0. The molecule has 0 atom stereocenters. The minimum absolute atomic E-state index is 0.00223. The van der Waals surface area contributed by atoms with Crippen LogP contribution in [0.3, 0.4) is 0 Å². The molecular weight excluding hydrogens is 372 g/mol. The van der Waals surface area contributed by atoms with Crippen LogP contribution in [0.1, 0.15) is 17.0 Å². The molecule has 0 unspecified atom stereocenters. The number of carbonyl (C=O) groups excluding carboxylic acids is 1. The lowest BCUT2D eigenvalue weighted by Gasteiger charge is -2.15. The van der Waals surface area contributed by atoms with Crippen LogP contribution in [0.4, 0.5) is 0 Å². The Hall–Kier alpha value is -2.48. The number of aryl methyl sites for hydroxylation is 2. The first kappa shape index (κ1) is 21.8. The van der Waals surface area contributed by atoms with Crippen molar-refractivity contribution in [3.8, 4) is 5.69 Å². The topological polar surface area (TPSA) is 74.5 Å². The zero-order valence-electron chi connectivity index (χ0n) is 17.3. The highest BCUT2D eigenvalue weighted by Gasteiger charge is 2.10. The van der Waals surface area contributed by atoms with Gasteiger partial charge in [0.2, 0.25) is 5.91 Å². The number of thioether (sulfide) groups is 1. The van der Waals surface area contributed by atoms with Crippen LogP contribution in [0.2, 0.25) is 0 Å². The number of hydrogen-bond acceptors (Lipinski definition) is 4. The Bertz CT molecular complexity index is 815. The molecule has 0 aliphatic rings. The number of guanidine groups is 1. The number of amides is 1. The molecule has 0 radical (unpaired) electrons. The summed E-state index contributed by atoms with van der Waals surface area (Å²) in [7, 11) is 3.49. The highest BCUT2D eigenvalue weighted by Crippen LogP contribution is 2.17. The van der Waals surface area contributed by atoms with Gasteiger partial charge in [-0.15, -0.1) is 0 Å². The number of nitrogens with one attached hydrogen (secondary N) is 2.